The standard InChI is InChI=1S/C14H19NO2S2/c1-14(2,5-3-6-16)9-15-13(17)12-8-11-10(19-12)4-7-18-11/h4,7-8,16H,3,5-6,9H2,1-2H3,(H,15,17). The van der Waals surface area contributed by atoms with Gasteiger partial charge in [-0.25, -0.2) is 0 Å². The van der Waals surface area contributed by atoms with Crippen LogP contribution in [0, 0.1) is 5.41 Å². The number of rotatable bonds is 6. The van der Waals surface area contributed by atoms with Crippen molar-refractivity contribution in [2.24, 2.45) is 5.41 Å². The van der Waals surface area contributed by atoms with Crippen LogP contribution in [0.25, 0.3) is 9.40 Å². The fourth-order valence-corrected chi connectivity index (χ4v) is 3.96. The minimum Gasteiger partial charge on any atom is -0.396 e. The highest BCUT2D eigenvalue weighted by molar-refractivity contribution is 7.27. The first-order chi connectivity index (χ1) is 9.02. The van der Waals surface area contributed by atoms with Gasteiger partial charge in [-0.1, -0.05) is 13.8 Å². The number of carbonyl (C=O) groups excluding carboxylic acids is 1. The number of aliphatic hydroxyl groups excluding tert-OH is 1. The zero-order valence-corrected chi connectivity index (χ0v) is 12.9. The van der Waals surface area contributed by atoms with Crippen molar-refractivity contribution in [1.82, 2.24) is 5.32 Å². The third kappa shape index (κ3) is 3.78. The third-order valence-corrected chi connectivity index (χ3v) is 5.19. The van der Waals surface area contributed by atoms with Gasteiger partial charge in [-0.05, 0) is 35.8 Å². The fraction of sp³-hybridized carbons (Fsp3) is 0.500. The van der Waals surface area contributed by atoms with E-state index in [1.807, 2.05) is 17.5 Å². The van der Waals surface area contributed by atoms with Gasteiger partial charge in [-0.15, -0.1) is 22.7 Å². The highest BCUT2D eigenvalue weighted by Crippen LogP contribution is 2.30. The lowest BCUT2D eigenvalue weighted by molar-refractivity contribution is 0.0937. The monoisotopic (exact) mass is 297 g/mol. The van der Waals surface area contributed by atoms with E-state index < -0.39 is 0 Å². The Morgan fingerprint density at radius 1 is 1.42 bits per heavy atom. The molecule has 2 heterocycles. The highest BCUT2D eigenvalue weighted by Gasteiger charge is 2.19. The van der Waals surface area contributed by atoms with Crippen LogP contribution in [-0.4, -0.2) is 24.2 Å². The lowest BCUT2D eigenvalue weighted by Gasteiger charge is -2.24. The average Bonchev–Trinajstić information content (AvgIpc) is 2.94. The lowest BCUT2D eigenvalue weighted by atomic mass is 9.88. The van der Waals surface area contributed by atoms with Gasteiger partial charge in [-0.3, -0.25) is 4.79 Å². The molecule has 2 aromatic heterocycles. The number of fused-ring (bicyclic) bond motifs is 1. The number of nitrogens with one attached hydrogen (secondary N) is 1. The Morgan fingerprint density at radius 2 is 2.21 bits per heavy atom. The van der Waals surface area contributed by atoms with E-state index in [4.69, 9.17) is 5.11 Å². The summed E-state index contributed by atoms with van der Waals surface area (Å²) in [7, 11) is 0. The van der Waals surface area contributed by atoms with Crippen LogP contribution in [-0.2, 0) is 0 Å². The number of hydrogen-bond donors (Lipinski definition) is 2. The van der Waals surface area contributed by atoms with Crippen molar-refractivity contribution in [3.05, 3.63) is 22.4 Å². The van der Waals surface area contributed by atoms with E-state index in [0.29, 0.717) is 6.54 Å². The topological polar surface area (TPSA) is 49.3 Å². The van der Waals surface area contributed by atoms with Crippen LogP contribution >= 0.6 is 22.7 Å². The number of thiophene rings is 2. The Kier molecular flexibility index (Phi) is 4.60. The SMILES string of the molecule is CC(C)(CCCO)CNC(=O)c1cc2sccc2s1. The second kappa shape index (κ2) is 6.03. The van der Waals surface area contributed by atoms with Gasteiger partial charge in [0, 0.05) is 22.6 Å². The van der Waals surface area contributed by atoms with Crippen LogP contribution in [0.2, 0.25) is 0 Å². The van der Waals surface area contributed by atoms with Crippen molar-refractivity contribution in [3.8, 4) is 0 Å². The predicted octanol–water partition coefficient (Wildman–Crippen LogP) is 3.49. The van der Waals surface area contributed by atoms with Crippen LogP contribution in [0.3, 0.4) is 0 Å². The van der Waals surface area contributed by atoms with E-state index in [9.17, 15) is 4.79 Å². The molecule has 104 valence electrons. The molecule has 0 atom stereocenters. The van der Waals surface area contributed by atoms with E-state index in [2.05, 4.69) is 19.2 Å². The minimum atomic E-state index is 0.00507. The largest absolute Gasteiger partial charge is 0.396 e. The fourth-order valence-electron chi connectivity index (χ4n) is 1.93. The van der Waals surface area contributed by atoms with Crippen molar-refractivity contribution in [2.75, 3.05) is 13.2 Å². The first-order valence-electron chi connectivity index (χ1n) is 6.38. The quantitative estimate of drug-likeness (QED) is 0.857. The van der Waals surface area contributed by atoms with E-state index >= 15 is 0 Å². The average molecular weight is 297 g/mol. The van der Waals surface area contributed by atoms with Crippen LogP contribution in [0.15, 0.2) is 17.5 Å². The molecular weight excluding hydrogens is 278 g/mol. The van der Waals surface area contributed by atoms with Crippen molar-refractivity contribution >= 4 is 38.0 Å². The molecule has 0 saturated heterocycles. The first kappa shape index (κ1) is 14.5. The molecule has 0 aliphatic rings. The molecule has 1 amide bonds. The van der Waals surface area contributed by atoms with Gasteiger partial charge in [0.15, 0.2) is 0 Å². The smallest absolute Gasteiger partial charge is 0.261 e. The highest BCUT2D eigenvalue weighted by atomic mass is 32.1. The number of carbonyl (C=O) groups is 1. The molecule has 5 heteroatoms. The van der Waals surface area contributed by atoms with Crippen LogP contribution < -0.4 is 5.32 Å². The number of aliphatic hydroxyl groups is 1. The maximum absolute atomic E-state index is 12.1. The predicted molar refractivity (Wildman–Crippen MR) is 82.1 cm³/mol. The molecule has 0 aliphatic heterocycles. The zero-order valence-electron chi connectivity index (χ0n) is 11.2. The van der Waals surface area contributed by atoms with Crippen LogP contribution in [0.4, 0.5) is 0 Å². The molecule has 0 saturated carbocycles. The Hall–Kier alpha value is -0.910. The Labute approximate surface area is 121 Å². The summed E-state index contributed by atoms with van der Waals surface area (Å²) in [6, 6.07) is 4.01. The van der Waals surface area contributed by atoms with Gasteiger partial charge in [0.25, 0.3) is 5.91 Å². The molecule has 2 N–H and O–H groups in total. The van der Waals surface area contributed by atoms with E-state index in [1.54, 1.807) is 11.3 Å². The summed E-state index contributed by atoms with van der Waals surface area (Å²) >= 11 is 3.20. The molecule has 0 radical (unpaired) electrons. The van der Waals surface area contributed by atoms with E-state index in [1.165, 1.54) is 20.7 Å². The van der Waals surface area contributed by atoms with Crippen molar-refractivity contribution < 1.29 is 9.90 Å². The Bertz CT molecular complexity index is 528. The number of hydrogen-bond acceptors (Lipinski definition) is 4. The summed E-state index contributed by atoms with van der Waals surface area (Å²) in [6.07, 6.45) is 1.68. The van der Waals surface area contributed by atoms with Crippen molar-refractivity contribution in [2.45, 2.75) is 26.7 Å². The van der Waals surface area contributed by atoms with Gasteiger partial charge in [-0.2, -0.15) is 0 Å². The van der Waals surface area contributed by atoms with Crippen molar-refractivity contribution in [1.29, 1.82) is 0 Å². The second-order valence-electron chi connectivity index (χ2n) is 5.43. The summed E-state index contributed by atoms with van der Waals surface area (Å²) in [4.78, 5) is 12.9. The van der Waals surface area contributed by atoms with Gasteiger partial charge < -0.3 is 10.4 Å². The molecule has 0 unspecified atom stereocenters. The van der Waals surface area contributed by atoms with Gasteiger partial charge in [0.2, 0.25) is 0 Å². The van der Waals surface area contributed by atoms with Crippen LogP contribution in [0.5, 0.6) is 0 Å². The summed E-state index contributed by atoms with van der Waals surface area (Å²) < 4.78 is 2.35. The van der Waals surface area contributed by atoms with Gasteiger partial charge >= 0.3 is 0 Å². The summed E-state index contributed by atoms with van der Waals surface area (Å²) in [5.74, 6) is 0.00507. The Morgan fingerprint density at radius 3 is 2.89 bits per heavy atom. The number of amides is 1. The molecule has 2 rings (SSSR count). The summed E-state index contributed by atoms with van der Waals surface area (Å²) in [5.41, 5.74) is 0.0209. The minimum absolute atomic E-state index is 0.00507. The maximum atomic E-state index is 12.1. The summed E-state index contributed by atoms with van der Waals surface area (Å²) in [5, 5.41) is 13.9. The first-order valence-corrected chi connectivity index (χ1v) is 8.07. The molecule has 0 aromatic carbocycles. The van der Waals surface area contributed by atoms with E-state index in [0.717, 1.165) is 17.7 Å². The van der Waals surface area contributed by atoms with Gasteiger partial charge in [0.05, 0.1) is 4.88 Å². The third-order valence-electron chi connectivity index (χ3n) is 3.10. The molecule has 19 heavy (non-hydrogen) atoms. The van der Waals surface area contributed by atoms with Crippen molar-refractivity contribution in [3.63, 3.8) is 0 Å². The molecule has 0 aliphatic carbocycles. The lowest BCUT2D eigenvalue weighted by Crippen LogP contribution is -2.33. The van der Waals surface area contributed by atoms with Gasteiger partial charge in [0.1, 0.15) is 0 Å². The maximum Gasteiger partial charge on any atom is 0.261 e. The molecule has 0 fully saturated rings. The molecule has 0 spiro atoms. The molecule has 0 bridgehead atoms. The van der Waals surface area contributed by atoms with Crippen LogP contribution in [0.1, 0.15) is 36.4 Å². The normalized spacial score (nSPS) is 11.9. The second-order valence-corrected chi connectivity index (χ2v) is 7.47. The molecule has 2 aromatic rings. The zero-order chi connectivity index (χ0) is 13.9. The molecular formula is C14H19NO2S2. The Balaban J connectivity index is 1.92. The van der Waals surface area contributed by atoms with E-state index in [-0.39, 0.29) is 17.9 Å². The summed E-state index contributed by atoms with van der Waals surface area (Å²) in [6.45, 7) is 5.06. The molecule has 3 nitrogen and oxygen atoms in total.